The number of hydrogen-bond donors (Lipinski definition) is 0. The number of fused-ring (bicyclic) bond motifs is 4. The Morgan fingerprint density at radius 1 is 0.556 bits per heavy atom. The fraction of sp³-hybridized carbons (Fsp3) is 0.122. The third-order valence-corrected chi connectivity index (χ3v) is 9.99. The minimum atomic E-state index is 0. The van der Waals surface area contributed by atoms with E-state index in [9.17, 15) is 0 Å². The van der Waals surface area contributed by atoms with Crippen molar-refractivity contribution in [3.8, 4) is 44.8 Å². The molecule has 0 saturated carbocycles. The second-order valence-corrected chi connectivity index (χ2v) is 13.9. The third-order valence-electron chi connectivity index (χ3n) is 9.99. The van der Waals surface area contributed by atoms with Gasteiger partial charge in [-0.2, -0.15) is 0 Å². The van der Waals surface area contributed by atoms with Crippen molar-refractivity contribution in [3.63, 3.8) is 0 Å². The summed E-state index contributed by atoms with van der Waals surface area (Å²) in [5.41, 5.74) is 17.0. The maximum Gasteiger partial charge on any atom is 0.216 e. The van der Waals surface area contributed by atoms with E-state index >= 15 is 0 Å². The number of hydrogen-bond acceptors (Lipinski definition) is 4. The molecule has 9 rings (SSSR count). The van der Waals surface area contributed by atoms with Gasteiger partial charge >= 0.3 is 0 Å². The fourth-order valence-electron chi connectivity index (χ4n) is 6.82. The van der Waals surface area contributed by atoms with Crippen molar-refractivity contribution in [2.45, 2.75) is 41.5 Å². The SMILES string of the molecule is Cc1ccc2ccc(-c3cc(-c4[c-]ccc5c4oc4nc(C)ccc45)ncc3C)cc2c1.Cc1cnc(-c2[c-]cc(C)c(-c3ccccc3)c2)cc1C.[Ir]. The van der Waals surface area contributed by atoms with Crippen molar-refractivity contribution in [3.05, 3.63) is 173 Å². The Hall–Kier alpha value is -5.74. The van der Waals surface area contributed by atoms with Crippen LogP contribution in [0.15, 0.2) is 132 Å². The molecule has 0 N–H and O–H groups in total. The molecular formula is C49H39IrN3O-2. The van der Waals surface area contributed by atoms with Crippen molar-refractivity contribution >= 4 is 32.8 Å². The molecule has 0 unspecified atom stereocenters. The summed E-state index contributed by atoms with van der Waals surface area (Å²) < 4.78 is 6.18. The minimum absolute atomic E-state index is 0. The summed E-state index contributed by atoms with van der Waals surface area (Å²) in [7, 11) is 0. The monoisotopic (exact) mass is 878 g/mol. The molecule has 0 bridgehead atoms. The van der Waals surface area contributed by atoms with E-state index in [2.05, 4.69) is 148 Å². The van der Waals surface area contributed by atoms with Crippen LogP contribution in [0.2, 0.25) is 0 Å². The molecule has 9 aromatic rings. The Balaban J connectivity index is 0.000000178. The smallest absolute Gasteiger partial charge is 0.216 e. The van der Waals surface area contributed by atoms with E-state index < -0.39 is 0 Å². The summed E-state index contributed by atoms with van der Waals surface area (Å²) >= 11 is 0. The van der Waals surface area contributed by atoms with Crippen molar-refractivity contribution in [1.29, 1.82) is 0 Å². The summed E-state index contributed by atoms with van der Waals surface area (Å²) in [6, 6.07) is 46.9. The first-order chi connectivity index (χ1) is 25.7. The van der Waals surface area contributed by atoms with Crippen LogP contribution in [0.25, 0.3) is 77.6 Å². The van der Waals surface area contributed by atoms with Crippen molar-refractivity contribution in [2.75, 3.05) is 0 Å². The van der Waals surface area contributed by atoms with Gasteiger partial charge in [0.05, 0.1) is 5.58 Å². The predicted octanol–water partition coefficient (Wildman–Crippen LogP) is 12.7. The van der Waals surface area contributed by atoms with Gasteiger partial charge in [0.1, 0.15) is 0 Å². The average Bonchev–Trinajstić information content (AvgIpc) is 3.54. The van der Waals surface area contributed by atoms with Crippen molar-refractivity contribution in [1.82, 2.24) is 15.0 Å². The van der Waals surface area contributed by atoms with Gasteiger partial charge in [-0.1, -0.05) is 107 Å². The zero-order valence-electron chi connectivity index (χ0n) is 31.2. The van der Waals surface area contributed by atoms with Crippen LogP contribution < -0.4 is 0 Å². The maximum absolute atomic E-state index is 6.18. The van der Waals surface area contributed by atoms with Gasteiger partial charge in [-0.25, -0.2) is 4.98 Å². The molecule has 0 fully saturated rings. The molecular weight excluding hydrogens is 839 g/mol. The van der Waals surface area contributed by atoms with Crippen LogP contribution in [0.3, 0.4) is 0 Å². The number of rotatable bonds is 4. The standard InChI is InChI=1S/C29H21N2O.C20H18N.Ir/c1-17-7-9-20-10-11-21(14-22(20)13-17)26-15-27(30-16-18(26)2)25-6-4-5-23-24-12-8-19(3)31-29(24)32-28(23)25;1-14-9-10-18(20-11-15(2)16(3)13-21-20)12-19(14)17-7-5-4-6-8-17;/h4-5,7-16H,1-3H3;4-9,11-13H,1-3H3;/q2*-1;. The van der Waals surface area contributed by atoms with Crippen LogP contribution in [-0.4, -0.2) is 15.0 Å². The number of aromatic nitrogens is 3. The van der Waals surface area contributed by atoms with E-state index in [0.717, 1.165) is 55.7 Å². The van der Waals surface area contributed by atoms with E-state index in [-0.39, 0.29) is 20.1 Å². The van der Waals surface area contributed by atoms with Gasteiger partial charge in [-0.15, -0.1) is 47.5 Å². The molecule has 0 amide bonds. The van der Waals surface area contributed by atoms with Crippen LogP contribution in [0, 0.1) is 53.7 Å². The number of furan rings is 1. The first-order valence-electron chi connectivity index (χ1n) is 17.9. The maximum atomic E-state index is 6.18. The van der Waals surface area contributed by atoms with Gasteiger partial charge in [-0.3, -0.25) is 0 Å². The van der Waals surface area contributed by atoms with Gasteiger partial charge in [0, 0.05) is 43.6 Å². The second kappa shape index (κ2) is 15.3. The molecule has 0 atom stereocenters. The largest absolute Gasteiger partial charge is 0.486 e. The Bertz CT molecular complexity index is 2800. The summed E-state index contributed by atoms with van der Waals surface area (Å²) in [4.78, 5) is 13.8. The molecule has 5 aromatic carbocycles. The first kappa shape index (κ1) is 36.6. The van der Waals surface area contributed by atoms with E-state index in [0.29, 0.717) is 5.71 Å². The molecule has 0 spiro atoms. The van der Waals surface area contributed by atoms with Gasteiger partial charge in [0.15, 0.2) is 0 Å². The van der Waals surface area contributed by atoms with Gasteiger partial charge in [-0.05, 0) is 103 Å². The zero-order valence-corrected chi connectivity index (χ0v) is 33.6. The van der Waals surface area contributed by atoms with Crippen LogP contribution in [0.4, 0.5) is 0 Å². The normalized spacial score (nSPS) is 11.0. The number of pyridine rings is 3. The minimum Gasteiger partial charge on any atom is -0.486 e. The number of aryl methyl sites for hydroxylation is 6. The Labute approximate surface area is 330 Å². The van der Waals surface area contributed by atoms with Crippen molar-refractivity contribution in [2.24, 2.45) is 0 Å². The van der Waals surface area contributed by atoms with Crippen LogP contribution in [0.1, 0.15) is 33.5 Å². The zero-order chi connectivity index (χ0) is 36.6. The van der Waals surface area contributed by atoms with E-state index in [1.54, 1.807) is 0 Å². The molecule has 54 heavy (non-hydrogen) atoms. The van der Waals surface area contributed by atoms with Gasteiger partial charge < -0.3 is 14.4 Å². The molecule has 0 aliphatic heterocycles. The quantitative estimate of drug-likeness (QED) is 0.165. The summed E-state index contributed by atoms with van der Waals surface area (Å²) in [6.45, 7) is 12.5. The number of benzene rings is 5. The Kier molecular flexibility index (Phi) is 10.4. The molecule has 267 valence electrons. The van der Waals surface area contributed by atoms with Gasteiger partial charge in [0.25, 0.3) is 0 Å². The van der Waals surface area contributed by atoms with Crippen LogP contribution >= 0.6 is 0 Å². The Morgan fingerprint density at radius 2 is 1.31 bits per heavy atom. The molecule has 4 heterocycles. The van der Waals surface area contributed by atoms with E-state index in [1.165, 1.54) is 49.7 Å². The molecule has 4 nitrogen and oxygen atoms in total. The van der Waals surface area contributed by atoms with Crippen molar-refractivity contribution < 1.29 is 24.5 Å². The van der Waals surface area contributed by atoms with E-state index in [4.69, 9.17) is 9.40 Å². The number of nitrogens with zero attached hydrogens (tertiary/aromatic N) is 3. The molecule has 5 heteroatoms. The topological polar surface area (TPSA) is 51.8 Å². The molecule has 0 saturated heterocycles. The molecule has 0 aliphatic carbocycles. The fourth-order valence-corrected chi connectivity index (χ4v) is 6.82. The van der Waals surface area contributed by atoms with Gasteiger partial charge in [0.2, 0.25) is 5.71 Å². The predicted molar refractivity (Wildman–Crippen MR) is 219 cm³/mol. The van der Waals surface area contributed by atoms with E-state index in [1.807, 2.05) is 43.6 Å². The molecule has 4 aromatic heterocycles. The molecule has 0 aliphatic rings. The summed E-state index contributed by atoms with van der Waals surface area (Å²) in [5.74, 6) is 0. The summed E-state index contributed by atoms with van der Waals surface area (Å²) in [5, 5.41) is 4.53. The second-order valence-electron chi connectivity index (χ2n) is 13.9. The summed E-state index contributed by atoms with van der Waals surface area (Å²) in [6.07, 6.45) is 3.86. The average molecular weight is 878 g/mol. The van der Waals surface area contributed by atoms with Crippen LogP contribution in [-0.2, 0) is 20.1 Å². The Morgan fingerprint density at radius 3 is 2.13 bits per heavy atom. The van der Waals surface area contributed by atoms with Crippen LogP contribution in [0.5, 0.6) is 0 Å². The third kappa shape index (κ3) is 7.26. The molecule has 1 radical (unpaired) electrons. The first-order valence-corrected chi connectivity index (χ1v) is 17.9.